The molecular weight excluding hydrogens is 302 g/mol. The second-order valence-electron chi connectivity index (χ2n) is 4.23. The van der Waals surface area contributed by atoms with Crippen molar-refractivity contribution < 1.29 is 13.2 Å². The minimum atomic E-state index is -3.48. The Kier molecular flexibility index (Phi) is 7.15. The quantitative estimate of drug-likeness (QED) is 0.823. The summed E-state index contributed by atoms with van der Waals surface area (Å²) in [7, 11) is -0.474. The highest BCUT2D eigenvalue weighted by molar-refractivity contribution is 7.89. The summed E-state index contributed by atoms with van der Waals surface area (Å²) in [5.41, 5.74) is 5.94. The van der Waals surface area contributed by atoms with E-state index in [1.165, 1.54) is 36.2 Å². The molecule has 0 aliphatic carbocycles. The summed E-state index contributed by atoms with van der Waals surface area (Å²) in [6, 6.07) is 5.71. The Morgan fingerprint density at radius 1 is 1.35 bits per heavy atom. The van der Waals surface area contributed by atoms with Gasteiger partial charge >= 0.3 is 0 Å². The van der Waals surface area contributed by atoms with Gasteiger partial charge < -0.3 is 10.6 Å². The van der Waals surface area contributed by atoms with Crippen LogP contribution >= 0.6 is 12.4 Å². The van der Waals surface area contributed by atoms with Crippen molar-refractivity contribution in [1.82, 2.24) is 9.62 Å². The van der Waals surface area contributed by atoms with Crippen LogP contribution in [0.1, 0.15) is 17.3 Å². The van der Waals surface area contributed by atoms with Crippen molar-refractivity contribution in [2.45, 2.75) is 17.9 Å². The van der Waals surface area contributed by atoms with Crippen molar-refractivity contribution >= 4 is 28.3 Å². The summed E-state index contributed by atoms with van der Waals surface area (Å²) in [5.74, 6) is -0.189. The maximum Gasteiger partial charge on any atom is 0.253 e. The minimum absolute atomic E-state index is 0. The number of hydrogen-bond donors (Lipinski definition) is 2. The highest BCUT2D eigenvalue weighted by Crippen LogP contribution is 2.12. The maximum atomic E-state index is 12.1. The molecule has 20 heavy (non-hydrogen) atoms. The van der Waals surface area contributed by atoms with Crippen molar-refractivity contribution in [1.29, 1.82) is 0 Å². The normalized spacial score (nSPS) is 12.4. The zero-order chi connectivity index (χ0) is 14.6. The zero-order valence-corrected chi connectivity index (χ0v) is 13.3. The lowest BCUT2D eigenvalue weighted by Crippen LogP contribution is -2.39. The number of nitrogens with zero attached hydrogens (tertiary/aromatic N) is 1. The van der Waals surface area contributed by atoms with E-state index >= 15 is 0 Å². The molecule has 1 rings (SSSR count). The first-order chi connectivity index (χ1) is 8.83. The summed E-state index contributed by atoms with van der Waals surface area (Å²) in [5, 5.41) is 0. The largest absolute Gasteiger partial charge is 0.338 e. The molecular formula is C12H20ClN3O3S. The first kappa shape index (κ1) is 18.9. The first-order valence-corrected chi connectivity index (χ1v) is 7.32. The van der Waals surface area contributed by atoms with Crippen molar-refractivity contribution in [3.8, 4) is 0 Å². The van der Waals surface area contributed by atoms with E-state index in [1.807, 2.05) is 6.92 Å². The number of benzene rings is 1. The Labute approximate surface area is 125 Å². The van der Waals surface area contributed by atoms with Crippen molar-refractivity contribution in [2.24, 2.45) is 5.73 Å². The molecule has 1 unspecified atom stereocenters. The zero-order valence-electron chi connectivity index (χ0n) is 11.7. The van der Waals surface area contributed by atoms with Gasteiger partial charge in [0, 0.05) is 25.2 Å². The molecule has 1 amide bonds. The van der Waals surface area contributed by atoms with Gasteiger partial charge in [-0.05, 0) is 38.2 Å². The van der Waals surface area contributed by atoms with E-state index in [9.17, 15) is 13.2 Å². The second-order valence-corrected chi connectivity index (χ2v) is 6.12. The number of sulfonamides is 1. The van der Waals surface area contributed by atoms with Crippen LogP contribution in [-0.2, 0) is 10.0 Å². The Bertz CT molecular complexity index is 546. The number of hydrogen-bond acceptors (Lipinski definition) is 4. The molecule has 8 heteroatoms. The summed E-state index contributed by atoms with van der Waals surface area (Å²) < 4.78 is 25.3. The van der Waals surface area contributed by atoms with Crippen molar-refractivity contribution in [3.63, 3.8) is 0 Å². The number of carbonyl (C=O) groups is 1. The molecule has 0 saturated heterocycles. The van der Waals surface area contributed by atoms with Gasteiger partial charge in [-0.1, -0.05) is 0 Å². The minimum Gasteiger partial charge on any atom is -0.338 e. The first-order valence-electron chi connectivity index (χ1n) is 5.84. The lowest BCUT2D eigenvalue weighted by molar-refractivity contribution is 0.0748. The summed E-state index contributed by atoms with van der Waals surface area (Å²) in [4.78, 5) is 13.7. The van der Waals surface area contributed by atoms with E-state index in [1.54, 1.807) is 7.05 Å². The van der Waals surface area contributed by atoms with Crippen molar-refractivity contribution in [2.75, 3.05) is 20.6 Å². The van der Waals surface area contributed by atoms with Crippen LogP contribution < -0.4 is 10.5 Å². The summed E-state index contributed by atoms with van der Waals surface area (Å²) >= 11 is 0. The molecule has 0 fully saturated rings. The Hall–Kier alpha value is -1.15. The van der Waals surface area contributed by atoms with Gasteiger partial charge in [0.15, 0.2) is 0 Å². The highest BCUT2D eigenvalue weighted by Gasteiger charge is 2.17. The van der Waals surface area contributed by atoms with E-state index in [-0.39, 0.29) is 29.3 Å². The third-order valence-corrected chi connectivity index (χ3v) is 4.43. The molecule has 0 heterocycles. The Morgan fingerprint density at radius 2 is 1.85 bits per heavy atom. The molecule has 0 aliphatic rings. The van der Waals surface area contributed by atoms with Gasteiger partial charge in [-0.15, -0.1) is 12.4 Å². The summed E-state index contributed by atoms with van der Waals surface area (Å²) in [6.45, 7) is 2.21. The van der Waals surface area contributed by atoms with Gasteiger partial charge in [0.05, 0.1) is 4.90 Å². The number of likely N-dealkylation sites (N-methyl/N-ethyl adjacent to an activating group) is 1. The number of amides is 1. The average Bonchev–Trinajstić information content (AvgIpc) is 2.44. The third-order valence-electron chi connectivity index (χ3n) is 3.00. The van der Waals surface area contributed by atoms with E-state index in [4.69, 9.17) is 5.73 Å². The van der Waals surface area contributed by atoms with E-state index in [0.717, 1.165) is 0 Å². The Balaban J connectivity index is 0.00000361. The molecule has 0 spiro atoms. The predicted molar refractivity (Wildman–Crippen MR) is 80.5 cm³/mol. The van der Waals surface area contributed by atoms with E-state index in [0.29, 0.717) is 12.1 Å². The standard InChI is InChI=1S/C12H19N3O3S.ClH/c1-9(8-13)15(3)12(16)10-4-6-11(7-5-10)19(17,18)14-2;/h4-7,9,14H,8,13H2,1-3H3;1H. The monoisotopic (exact) mass is 321 g/mol. The molecule has 3 N–H and O–H groups in total. The fraction of sp³-hybridized carbons (Fsp3) is 0.417. The number of halogens is 1. The molecule has 0 saturated carbocycles. The molecule has 1 aromatic rings. The number of nitrogens with one attached hydrogen (secondary N) is 1. The second kappa shape index (κ2) is 7.58. The van der Waals surface area contributed by atoms with Gasteiger partial charge in [-0.2, -0.15) is 0 Å². The van der Waals surface area contributed by atoms with Crippen LogP contribution in [-0.4, -0.2) is 45.9 Å². The van der Waals surface area contributed by atoms with Crippen LogP contribution in [0.25, 0.3) is 0 Å². The SMILES string of the molecule is CNS(=O)(=O)c1ccc(C(=O)N(C)C(C)CN)cc1.Cl. The lowest BCUT2D eigenvalue weighted by Gasteiger charge is -2.23. The molecule has 1 atom stereocenters. The van der Waals surface area contributed by atoms with Crippen LogP contribution in [0.4, 0.5) is 0 Å². The third kappa shape index (κ3) is 4.17. The molecule has 1 aromatic carbocycles. The van der Waals surface area contributed by atoms with E-state index < -0.39 is 10.0 Å². The number of nitrogens with two attached hydrogens (primary N) is 1. The fourth-order valence-electron chi connectivity index (χ4n) is 1.46. The van der Waals surface area contributed by atoms with Crippen LogP contribution in [0, 0.1) is 0 Å². The maximum absolute atomic E-state index is 12.1. The van der Waals surface area contributed by atoms with Crippen LogP contribution in [0.15, 0.2) is 29.2 Å². The number of carbonyl (C=O) groups excluding carboxylic acids is 1. The summed E-state index contributed by atoms with van der Waals surface area (Å²) in [6.07, 6.45) is 0. The molecule has 0 bridgehead atoms. The highest BCUT2D eigenvalue weighted by atomic mass is 35.5. The molecule has 0 radical (unpaired) electrons. The molecule has 114 valence electrons. The number of rotatable bonds is 5. The Morgan fingerprint density at radius 3 is 2.25 bits per heavy atom. The van der Waals surface area contributed by atoms with Crippen LogP contribution in [0.5, 0.6) is 0 Å². The van der Waals surface area contributed by atoms with Crippen LogP contribution in [0.2, 0.25) is 0 Å². The lowest BCUT2D eigenvalue weighted by atomic mass is 10.2. The van der Waals surface area contributed by atoms with Gasteiger partial charge in [0.1, 0.15) is 0 Å². The average molecular weight is 322 g/mol. The molecule has 0 aliphatic heterocycles. The molecule has 6 nitrogen and oxygen atoms in total. The fourth-order valence-corrected chi connectivity index (χ4v) is 2.19. The van der Waals surface area contributed by atoms with E-state index in [2.05, 4.69) is 4.72 Å². The van der Waals surface area contributed by atoms with Gasteiger partial charge in [0.25, 0.3) is 5.91 Å². The van der Waals surface area contributed by atoms with Crippen LogP contribution in [0.3, 0.4) is 0 Å². The predicted octanol–water partition coefficient (Wildman–Crippen LogP) is 0.436. The van der Waals surface area contributed by atoms with Crippen molar-refractivity contribution in [3.05, 3.63) is 29.8 Å². The van der Waals surface area contributed by atoms with Gasteiger partial charge in [-0.25, -0.2) is 13.1 Å². The smallest absolute Gasteiger partial charge is 0.253 e. The molecule has 0 aromatic heterocycles. The van der Waals surface area contributed by atoms with Gasteiger partial charge in [-0.3, -0.25) is 4.79 Å². The van der Waals surface area contributed by atoms with Gasteiger partial charge in [0.2, 0.25) is 10.0 Å². The topological polar surface area (TPSA) is 92.5 Å².